The number of pyridine rings is 1. The molecule has 0 spiro atoms. The first kappa shape index (κ1) is 30.0. The number of nitrogens with one attached hydrogen (secondary N) is 1. The molecule has 1 saturated heterocycles. The molecule has 10 nitrogen and oxygen atoms in total. The van der Waals surface area contributed by atoms with Gasteiger partial charge in [-0.2, -0.15) is 0 Å². The van der Waals surface area contributed by atoms with Crippen LogP contribution in [0.2, 0.25) is 10.0 Å². The highest BCUT2D eigenvalue weighted by Gasteiger charge is 2.54. The minimum absolute atomic E-state index is 0.00846. The Morgan fingerprint density at radius 1 is 1.21 bits per heavy atom. The van der Waals surface area contributed by atoms with E-state index in [9.17, 15) is 32.5 Å². The van der Waals surface area contributed by atoms with Gasteiger partial charge in [-0.3, -0.25) is 14.5 Å². The summed E-state index contributed by atoms with van der Waals surface area (Å²) in [6, 6.07) is 7.55. The average Bonchev–Trinajstić information content (AvgIpc) is 2.89. The van der Waals surface area contributed by atoms with Crippen LogP contribution in [-0.2, 0) is 31.0 Å². The van der Waals surface area contributed by atoms with E-state index in [4.69, 9.17) is 23.2 Å². The highest BCUT2D eigenvalue weighted by atomic mass is 35.5. The maximum absolute atomic E-state index is 12.9. The van der Waals surface area contributed by atoms with Gasteiger partial charge >= 0.3 is 5.97 Å². The number of aromatic nitrogens is 1. The van der Waals surface area contributed by atoms with Crippen molar-refractivity contribution in [3.63, 3.8) is 0 Å². The van der Waals surface area contributed by atoms with Crippen molar-refractivity contribution in [3.05, 3.63) is 64.0 Å². The van der Waals surface area contributed by atoms with Gasteiger partial charge in [-0.15, -0.1) is 35.3 Å². The predicted octanol–water partition coefficient (Wildman–Crippen LogP) is 2.45. The van der Waals surface area contributed by atoms with Crippen molar-refractivity contribution in [1.29, 1.82) is 0 Å². The lowest BCUT2D eigenvalue weighted by atomic mass is 10.0. The van der Waals surface area contributed by atoms with Crippen molar-refractivity contribution in [1.82, 2.24) is 10.2 Å². The Morgan fingerprint density at radius 3 is 2.59 bits per heavy atom. The molecule has 1 aromatic carbocycles. The summed E-state index contributed by atoms with van der Waals surface area (Å²) >= 11 is 16.0. The SMILES string of the molecule is O=C(CSc1cc(Cl)ccc1Cl)N[C@@H]1C(=O)N2C(C(=O)O)=C(CSc3cc[n+](CCS(=O)(=O)[O-])cc3)CS[C@H]12. The number of rotatable bonds is 11. The largest absolute Gasteiger partial charge is 0.748 e. The highest BCUT2D eigenvalue weighted by molar-refractivity contribution is 8.01. The third-order valence-corrected chi connectivity index (χ3v) is 10.5. The minimum Gasteiger partial charge on any atom is -0.748 e. The maximum atomic E-state index is 12.9. The second-order valence-electron chi connectivity index (χ2n) is 8.40. The van der Waals surface area contributed by atoms with E-state index in [2.05, 4.69) is 5.32 Å². The summed E-state index contributed by atoms with van der Waals surface area (Å²) in [4.78, 5) is 40.2. The third-order valence-electron chi connectivity index (χ3n) is 5.69. The summed E-state index contributed by atoms with van der Waals surface area (Å²) in [6.07, 6.45) is 3.27. The van der Waals surface area contributed by atoms with E-state index in [0.717, 1.165) is 4.90 Å². The number of halogens is 2. The Hall–Kier alpha value is -1.94. The Bertz CT molecular complexity index is 1440. The van der Waals surface area contributed by atoms with Crippen molar-refractivity contribution >= 4 is 86.4 Å². The van der Waals surface area contributed by atoms with Gasteiger partial charge in [0, 0.05) is 38.5 Å². The van der Waals surface area contributed by atoms with Gasteiger partial charge in [-0.05, 0) is 23.8 Å². The number of aliphatic carboxylic acids is 1. The quantitative estimate of drug-likeness (QED) is 0.161. The fourth-order valence-electron chi connectivity index (χ4n) is 3.82. The number of carbonyl (C=O) groups excluding carboxylic acids is 2. The first-order valence-electron chi connectivity index (χ1n) is 11.3. The van der Waals surface area contributed by atoms with Crippen LogP contribution in [0.4, 0.5) is 0 Å². The van der Waals surface area contributed by atoms with Gasteiger partial charge in [-0.25, -0.2) is 17.8 Å². The molecule has 2 aromatic rings. The Morgan fingerprint density at radius 2 is 1.92 bits per heavy atom. The second-order valence-corrected chi connectivity index (χ2v) is 13.9. The van der Waals surface area contributed by atoms with Crippen LogP contribution in [0.1, 0.15) is 0 Å². The van der Waals surface area contributed by atoms with Gasteiger partial charge in [-0.1, -0.05) is 23.2 Å². The van der Waals surface area contributed by atoms with Crippen molar-refractivity contribution in [2.45, 2.75) is 27.8 Å². The summed E-state index contributed by atoms with van der Waals surface area (Å²) in [5, 5.41) is 13.0. The standard InChI is InChI=1S/C23H21Cl2N3O7S4/c24-14-1-2-16(25)17(9-14)37-12-18(29)26-19-21(30)28-20(23(31)32)13(11-38-22(19)28)10-36-15-3-5-27(6-4-15)7-8-39(33,34)35/h1-6,9,19,22H,7-8,10-12H2,(H2-,26,29,31,32,33,34,35)/t19-,22-/m1/s1. The molecule has 2 atom stereocenters. The molecule has 2 amide bonds. The zero-order valence-corrected chi connectivity index (χ0v) is 24.7. The molecule has 208 valence electrons. The minimum atomic E-state index is -4.31. The molecule has 2 N–H and O–H groups in total. The molecular formula is C23H21Cl2N3O7S4. The van der Waals surface area contributed by atoms with E-state index in [1.165, 1.54) is 40.2 Å². The van der Waals surface area contributed by atoms with E-state index < -0.39 is 39.2 Å². The van der Waals surface area contributed by atoms with E-state index in [1.807, 2.05) is 0 Å². The van der Waals surface area contributed by atoms with Crippen molar-refractivity contribution < 1.29 is 37.0 Å². The molecule has 3 heterocycles. The number of nitrogens with zero attached hydrogens (tertiary/aromatic N) is 2. The molecule has 0 saturated carbocycles. The predicted molar refractivity (Wildman–Crippen MR) is 149 cm³/mol. The number of carboxylic acid groups (broad SMARTS) is 1. The Labute approximate surface area is 247 Å². The van der Waals surface area contributed by atoms with E-state index in [-0.39, 0.29) is 23.9 Å². The molecule has 4 rings (SSSR count). The molecule has 39 heavy (non-hydrogen) atoms. The van der Waals surface area contributed by atoms with Crippen LogP contribution in [0.25, 0.3) is 0 Å². The van der Waals surface area contributed by atoms with Crippen LogP contribution in [0, 0.1) is 0 Å². The van der Waals surface area contributed by atoms with Gasteiger partial charge in [0.05, 0.1) is 16.5 Å². The third kappa shape index (κ3) is 7.63. The molecular weight excluding hydrogens is 629 g/mol. The van der Waals surface area contributed by atoms with Gasteiger partial charge in [0.15, 0.2) is 18.9 Å². The summed E-state index contributed by atoms with van der Waals surface area (Å²) in [7, 11) is -4.31. The van der Waals surface area contributed by atoms with Crippen LogP contribution >= 0.6 is 58.5 Å². The molecule has 0 aliphatic carbocycles. The number of benzene rings is 1. The number of carbonyl (C=O) groups is 3. The van der Waals surface area contributed by atoms with Crippen molar-refractivity contribution in [2.24, 2.45) is 0 Å². The molecule has 0 bridgehead atoms. The van der Waals surface area contributed by atoms with Crippen LogP contribution in [0.5, 0.6) is 0 Å². The first-order valence-corrected chi connectivity index (χ1v) is 16.6. The zero-order valence-electron chi connectivity index (χ0n) is 19.9. The molecule has 2 aliphatic rings. The Balaban J connectivity index is 1.35. The molecule has 16 heteroatoms. The molecule has 0 radical (unpaired) electrons. The topological polar surface area (TPSA) is 148 Å². The molecule has 0 unspecified atom stereocenters. The summed E-state index contributed by atoms with van der Waals surface area (Å²) < 4.78 is 34.0. The lowest BCUT2D eigenvalue weighted by Gasteiger charge is -2.49. The fourth-order valence-corrected chi connectivity index (χ4v) is 7.92. The molecule has 1 fully saturated rings. The maximum Gasteiger partial charge on any atom is 0.352 e. The lowest BCUT2D eigenvalue weighted by Crippen LogP contribution is -2.70. The van der Waals surface area contributed by atoms with E-state index in [0.29, 0.717) is 32.0 Å². The summed E-state index contributed by atoms with van der Waals surface area (Å²) in [5.74, 6) is -1.91. The number of carboxylic acids is 1. The van der Waals surface area contributed by atoms with Gasteiger partial charge in [0.2, 0.25) is 5.91 Å². The molecule has 1 aromatic heterocycles. The lowest BCUT2D eigenvalue weighted by molar-refractivity contribution is -0.692. The van der Waals surface area contributed by atoms with Crippen molar-refractivity contribution in [2.75, 3.05) is 23.0 Å². The summed E-state index contributed by atoms with van der Waals surface area (Å²) in [6.45, 7) is 0.0327. The highest BCUT2D eigenvalue weighted by Crippen LogP contribution is 2.41. The monoisotopic (exact) mass is 649 g/mol. The number of fused-ring (bicyclic) bond motifs is 1. The van der Waals surface area contributed by atoms with Gasteiger partial charge < -0.3 is 15.0 Å². The van der Waals surface area contributed by atoms with Gasteiger partial charge in [0.25, 0.3) is 5.91 Å². The van der Waals surface area contributed by atoms with Crippen molar-refractivity contribution in [3.8, 4) is 0 Å². The first-order chi connectivity index (χ1) is 18.4. The van der Waals surface area contributed by atoms with E-state index >= 15 is 0 Å². The van der Waals surface area contributed by atoms with Crippen LogP contribution in [0.3, 0.4) is 0 Å². The van der Waals surface area contributed by atoms with Crippen LogP contribution < -0.4 is 9.88 Å². The second kappa shape index (κ2) is 12.7. The number of hydrogen-bond donors (Lipinski definition) is 2. The van der Waals surface area contributed by atoms with E-state index in [1.54, 1.807) is 47.3 Å². The Kier molecular flexibility index (Phi) is 9.78. The number of hydrogen-bond acceptors (Lipinski definition) is 9. The number of β-lactam (4-membered cyclic amide) rings is 1. The normalized spacial score (nSPS) is 18.9. The zero-order chi connectivity index (χ0) is 28.3. The van der Waals surface area contributed by atoms with Crippen LogP contribution in [-0.4, -0.2) is 75.2 Å². The average molecular weight is 651 g/mol. The number of aryl methyl sites for hydroxylation is 1. The summed E-state index contributed by atoms with van der Waals surface area (Å²) in [5.41, 5.74) is 0.501. The van der Waals surface area contributed by atoms with Crippen LogP contribution in [0.15, 0.2) is 63.8 Å². The smallest absolute Gasteiger partial charge is 0.352 e. The van der Waals surface area contributed by atoms with Gasteiger partial charge in [0.1, 0.15) is 27.2 Å². The fraction of sp³-hybridized carbons (Fsp3) is 0.304. The number of thioether (sulfide) groups is 3. The number of amides is 2. The molecule has 2 aliphatic heterocycles.